The van der Waals surface area contributed by atoms with E-state index in [0.717, 1.165) is 0 Å². The summed E-state index contributed by atoms with van der Waals surface area (Å²) in [6.45, 7) is 6.69. The van der Waals surface area contributed by atoms with Crippen LogP contribution in [0.1, 0.15) is 42.9 Å². The van der Waals surface area contributed by atoms with E-state index >= 15 is 0 Å². The van der Waals surface area contributed by atoms with Crippen LogP contribution in [0, 0.1) is 49.6 Å². The van der Waals surface area contributed by atoms with E-state index in [1.54, 1.807) is 24.5 Å². The summed E-state index contributed by atoms with van der Waals surface area (Å²) in [5.74, 6) is -1.08. The van der Waals surface area contributed by atoms with Gasteiger partial charge in [0.2, 0.25) is 5.78 Å². The minimum Gasteiger partial charge on any atom is -0.463 e. The molecule has 0 aliphatic carbocycles. The third-order valence-corrected chi connectivity index (χ3v) is 6.17. The molecule has 1 aliphatic heterocycles. The number of rotatable bonds is 7. The number of ketones is 1. The number of hydrogen-bond acceptors (Lipinski definition) is 10. The molecular weight excluding hydrogens is 462 g/mol. The second-order valence-electron chi connectivity index (χ2n) is 7.43. The SMILES string of the molecule is CC(=O)OCC1O[C@H](Nc2ncc(C(=O)c3ccncc3)s2)C(OC(C)=O)[C@@H](C)[C@@H]1C.[Ar]. The normalized spacial score (nSPS) is 24.7. The maximum atomic E-state index is 12.6. The van der Waals surface area contributed by atoms with E-state index in [1.165, 1.54) is 31.4 Å². The van der Waals surface area contributed by atoms with Gasteiger partial charge in [-0.25, -0.2) is 4.98 Å². The van der Waals surface area contributed by atoms with Crippen molar-refractivity contribution in [1.82, 2.24) is 9.97 Å². The summed E-state index contributed by atoms with van der Waals surface area (Å²) in [5.41, 5.74) is 0.515. The zero-order chi connectivity index (χ0) is 22.5. The van der Waals surface area contributed by atoms with Crippen LogP contribution in [0.15, 0.2) is 30.7 Å². The van der Waals surface area contributed by atoms with Gasteiger partial charge in [-0.1, -0.05) is 25.2 Å². The molecule has 1 saturated heterocycles. The molecule has 0 spiro atoms. The first-order chi connectivity index (χ1) is 14.8. The molecule has 0 aromatic carbocycles. The maximum absolute atomic E-state index is 12.6. The van der Waals surface area contributed by atoms with Crippen LogP contribution >= 0.6 is 11.3 Å². The van der Waals surface area contributed by atoms with E-state index in [4.69, 9.17) is 14.2 Å². The van der Waals surface area contributed by atoms with E-state index in [-0.39, 0.29) is 68.1 Å². The molecule has 9 nitrogen and oxygen atoms in total. The Morgan fingerprint density at radius 3 is 2.44 bits per heavy atom. The van der Waals surface area contributed by atoms with Crippen LogP contribution in [0.4, 0.5) is 5.13 Å². The Morgan fingerprint density at radius 1 is 1.12 bits per heavy atom. The smallest absolute Gasteiger partial charge is 0.303 e. The third-order valence-electron chi connectivity index (χ3n) is 5.24. The number of aromatic nitrogens is 2. The monoisotopic (exact) mass is 487 g/mol. The van der Waals surface area contributed by atoms with Gasteiger partial charge in [-0.2, -0.15) is 0 Å². The van der Waals surface area contributed by atoms with Gasteiger partial charge in [0.1, 0.15) is 12.7 Å². The van der Waals surface area contributed by atoms with E-state index in [2.05, 4.69) is 15.3 Å². The number of carbonyl (C=O) groups is 3. The summed E-state index contributed by atoms with van der Waals surface area (Å²) in [6, 6.07) is 3.28. The predicted octanol–water partition coefficient (Wildman–Crippen LogP) is 2.67. The molecule has 2 aromatic rings. The van der Waals surface area contributed by atoms with Crippen molar-refractivity contribution >= 4 is 34.2 Å². The Morgan fingerprint density at radius 2 is 1.81 bits per heavy atom. The molecule has 1 fully saturated rings. The molecule has 0 amide bonds. The van der Waals surface area contributed by atoms with Crippen LogP contribution in [-0.4, -0.2) is 52.7 Å². The fraction of sp³-hybridized carbons (Fsp3) is 0.476. The van der Waals surface area contributed by atoms with Crippen molar-refractivity contribution in [2.75, 3.05) is 11.9 Å². The fourth-order valence-corrected chi connectivity index (χ4v) is 4.19. The number of anilines is 1. The molecule has 174 valence electrons. The fourth-order valence-electron chi connectivity index (χ4n) is 3.38. The summed E-state index contributed by atoms with van der Waals surface area (Å²) in [4.78, 5) is 44.2. The van der Waals surface area contributed by atoms with Crippen LogP contribution < -0.4 is 5.32 Å². The summed E-state index contributed by atoms with van der Waals surface area (Å²) in [5, 5.41) is 3.59. The van der Waals surface area contributed by atoms with Crippen LogP contribution in [0.3, 0.4) is 0 Å². The van der Waals surface area contributed by atoms with Crippen LogP contribution in [0.25, 0.3) is 0 Å². The van der Waals surface area contributed by atoms with E-state index in [0.29, 0.717) is 15.6 Å². The van der Waals surface area contributed by atoms with Crippen LogP contribution in [0.2, 0.25) is 0 Å². The van der Waals surface area contributed by atoms with Gasteiger partial charge in [0, 0.05) is 75.5 Å². The largest absolute Gasteiger partial charge is 0.463 e. The summed E-state index contributed by atoms with van der Waals surface area (Å²) >= 11 is 1.17. The molecule has 0 bridgehead atoms. The quantitative estimate of drug-likeness (QED) is 0.465. The predicted molar refractivity (Wildman–Crippen MR) is 113 cm³/mol. The van der Waals surface area contributed by atoms with Crippen LogP contribution in [-0.2, 0) is 23.8 Å². The molecule has 1 N–H and O–H groups in total. The Kier molecular flexibility index (Phi) is 10.0. The molecule has 3 rings (SSSR count). The average Bonchev–Trinajstić information content (AvgIpc) is 3.20. The first kappa shape index (κ1) is 26.7. The zero-order valence-corrected chi connectivity index (χ0v) is 19.6. The number of esters is 2. The average molecular weight is 487 g/mol. The summed E-state index contributed by atoms with van der Waals surface area (Å²) < 4.78 is 16.8. The summed E-state index contributed by atoms with van der Waals surface area (Å²) in [6.07, 6.45) is 2.91. The molecular formula is C21H25ArN3O6S. The van der Waals surface area contributed by atoms with E-state index < -0.39 is 24.3 Å². The van der Waals surface area contributed by atoms with Gasteiger partial charge in [-0.05, 0) is 18.1 Å². The zero-order valence-electron chi connectivity index (χ0n) is 18.1. The van der Waals surface area contributed by atoms with Gasteiger partial charge < -0.3 is 19.5 Å². The number of hydrogen-bond donors (Lipinski definition) is 1. The number of pyridine rings is 1. The molecule has 32 heavy (non-hydrogen) atoms. The molecule has 0 radical (unpaired) electrons. The Hall–Kier alpha value is -1.59. The van der Waals surface area contributed by atoms with Crippen molar-refractivity contribution < 1.29 is 66.3 Å². The van der Waals surface area contributed by atoms with Crippen molar-refractivity contribution in [3.63, 3.8) is 0 Å². The first-order valence-corrected chi connectivity index (χ1v) is 10.7. The minimum absolute atomic E-state index is 0. The molecule has 11 heteroatoms. The van der Waals surface area contributed by atoms with Crippen molar-refractivity contribution in [1.29, 1.82) is 0 Å². The molecule has 3 heterocycles. The molecule has 2 aromatic heterocycles. The Bertz CT molecular complexity index is 939. The van der Waals surface area contributed by atoms with Gasteiger partial charge in [0.25, 0.3) is 0 Å². The topological polar surface area (TPSA) is 117 Å². The Balaban J connectivity index is 0.00000363. The second-order valence-corrected chi connectivity index (χ2v) is 8.46. The van der Waals surface area contributed by atoms with Crippen molar-refractivity contribution in [2.45, 2.75) is 46.1 Å². The number of carbonyl (C=O) groups excluding carboxylic acids is 3. The van der Waals surface area contributed by atoms with Crippen molar-refractivity contribution in [3.8, 4) is 0 Å². The standard InChI is InChI=1S/C21H25N3O6S.Ar/c1-11-12(2)19(29-14(4)26)20(30-16(11)10-28-13(3)25)24-21-23-9-17(31-21)18(27)15-5-7-22-8-6-15;/h5-9,11-12,16,19-20H,10H2,1-4H3,(H,23,24);/t11-,12-,16?,19?,20-;/m0./s1. The molecule has 5 atom stereocenters. The maximum Gasteiger partial charge on any atom is 0.303 e. The number of nitrogens with one attached hydrogen (secondary N) is 1. The summed E-state index contributed by atoms with van der Waals surface area (Å²) in [7, 11) is 0. The molecule has 2 unspecified atom stereocenters. The van der Waals surface area contributed by atoms with Crippen molar-refractivity contribution in [3.05, 3.63) is 41.2 Å². The third kappa shape index (κ3) is 6.71. The van der Waals surface area contributed by atoms with Crippen LogP contribution in [0.5, 0.6) is 0 Å². The van der Waals surface area contributed by atoms with Crippen molar-refractivity contribution in [2.24, 2.45) is 11.8 Å². The van der Waals surface area contributed by atoms with Gasteiger partial charge in [-0.3, -0.25) is 19.4 Å². The second kappa shape index (κ2) is 12.0. The van der Waals surface area contributed by atoms with Gasteiger partial charge >= 0.3 is 11.9 Å². The molecule has 1 aliphatic rings. The number of nitrogens with zero attached hydrogens (tertiary/aromatic N) is 2. The van der Waals surface area contributed by atoms with Gasteiger partial charge in [0.15, 0.2) is 11.4 Å². The van der Waals surface area contributed by atoms with Gasteiger partial charge in [0.05, 0.1) is 17.2 Å². The number of thiazole rings is 1. The number of ether oxygens (including phenoxy) is 3. The van der Waals surface area contributed by atoms with E-state index in [1.807, 2.05) is 13.8 Å². The van der Waals surface area contributed by atoms with E-state index in [9.17, 15) is 14.4 Å². The van der Waals surface area contributed by atoms with Gasteiger partial charge in [-0.15, -0.1) is 0 Å². The minimum atomic E-state index is -0.717. The Labute approximate surface area is 220 Å². The molecule has 0 saturated carbocycles. The first-order valence-electron chi connectivity index (χ1n) is 9.89.